The smallest absolute Gasteiger partial charge is 0.318 e. The van der Waals surface area contributed by atoms with Crippen LogP contribution in [-0.4, -0.2) is 39.1 Å². The summed E-state index contributed by atoms with van der Waals surface area (Å²) in [5.74, 6) is 1.22. The number of carbonyl (C=O) groups excluding carboxylic acids is 1. The number of aliphatic imine (C=N–C) groups is 1. The molecule has 2 atom stereocenters. The van der Waals surface area contributed by atoms with Crippen LogP contribution in [0.25, 0.3) is 0 Å². The van der Waals surface area contributed by atoms with Crippen molar-refractivity contribution in [1.29, 1.82) is 0 Å². The molecule has 1 heterocycles. The number of ether oxygens (including phenoxy) is 4. The number of nitrogens with zero attached hydrogens (tertiary/aromatic N) is 1. The number of benzene rings is 2. The molecule has 2 aliphatic rings. The van der Waals surface area contributed by atoms with Crippen molar-refractivity contribution in [2.75, 3.05) is 27.4 Å². The van der Waals surface area contributed by atoms with Gasteiger partial charge in [-0.25, -0.2) is 0 Å². The Hall–Kier alpha value is -3.12. The lowest BCUT2D eigenvalue weighted by molar-refractivity contribution is -0.143. The van der Waals surface area contributed by atoms with Crippen LogP contribution in [0.2, 0.25) is 0 Å². The van der Waals surface area contributed by atoms with Gasteiger partial charge < -0.3 is 18.9 Å². The van der Waals surface area contributed by atoms with Crippen LogP contribution in [0.3, 0.4) is 0 Å². The Morgan fingerprint density at radius 1 is 1.03 bits per heavy atom. The van der Waals surface area contributed by atoms with Gasteiger partial charge in [-0.05, 0) is 54.7 Å². The molecule has 2 aromatic rings. The molecule has 0 N–H and O–H groups in total. The van der Waals surface area contributed by atoms with Crippen molar-refractivity contribution in [3.63, 3.8) is 0 Å². The summed E-state index contributed by atoms with van der Waals surface area (Å²) in [5.41, 5.74) is 3.45. The molecule has 4 rings (SSSR count). The highest BCUT2D eigenvalue weighted by Gasteiger charge is 2.49. The normalized spacial score (nSPS) is 22.2. The highest BCUT2D eigenvalue weighted by molar-refractivity contribution is 6.14. The topological polar surface area (TPSA) is 66.3 Å². The molecular weight excluding hydrogens is 418 g/mol. The minimum atomic E-state index is -0.629. The maximum Gasteiger partial charge on any atom is 0.318 e. The maximum atomic E-state index is 12.7. The number of cyclic esters (lactones) is 1. The number of hydrogen-bond acceptors (Lipinski definition) is 6. The Labute approximate surface area is 195 Å². The first-order valence-electron chi connectivity index (χ1n) is 11.3. The third-order valence-electron chi connectivity index (χ3n) is 6.48. The molecule has 1 aliphatic carbocycles. The van der Waals surface area contributed by atoms with Crippen molar-refractivity contribution in [3.8, 4) is 11.5 Å². The Balaban J connectivity index is 1.50. The van der Waals surface area contributed by atoms with Gasteiger partial charge >= 0.3 is 5.97 Å². The van der Waals surface area contributed by atoms with Crippen LogP contribution in [0, 0.1) is 5.41 Å². The molecule has 0 unspecified atom stereocenters. The van der Waals surface area contributed by atoms with Crippen molar-refractivity contribution in [2.45, 2.75) is 38.8 Å². The van der Waals surface area contributed by atoms with Gasteiger partial charge in [0.2, 0.25) is 0 Å². The van der Waals surface area contributed by atoms with E-state index in [4.69, 9.17) is 23.9 Å². The van der Waals surface area contributed by atoms with E-state index in [0.29, 0.717) is 44.2 Å². The Morgan fingerprint density at radius 2 is 1.82 bits per heavy atom. The second kappa shape index (κ2) is 10.2. The van der Waals surface area contributed by atoms with Gasteiger partial charge in [-0.2, -0.15) is 0 Å². The first-order chi connectivity index (χ1) is 16.1. The number of rotatable bonds is 8. The van der Waals surface area contributed by atoms with Crippen molar-refractivity contribution >= 4 is 11.7 Å². The number of methoxy groups -OCH3 is 2. The first kappa shape index (κ1) is 23.1. The first-order valence-corrected chi connectivity index (χ1v) is 11.3. The van der Waals surface area contributed by atoms with Crippen LogP contribution in [0.5, 0.6) is 11.5 Å². The highest BCUT2D eigenvalue weighted by atomic mass is 16.5. The van der Waals surface area contributed by atoms with Gasteiger partial charge in [0.05, 0.1) is 45.8 Å². The fraction of sp³-hybridized carbons (Fsp3) is 0.407. The summed E-state index contributed by atoms with van der Waals surface area (Å²) < 4.78 is 22.1. The molecule has 0 radical (unpaired) electrons. The Bertz CT molecular complexity index is 1050. The zero-order valence-corrected chi connectivity index (χ0v) is 19.5. The van der Waals surface area contributed by atoms with E-state index < -0.39 is 5.41 Å². The van der Waals surface area contributed by atoms with Gasteiger partial charge in [0.25, 0.3) is 0 Å². The fourth-order valence-electron chi connectivity index (χ4n) is 4.48. The number of allylic oxidation sites excluding steroid dienone is 1. The Kier molecular flexibility index (Phi) is 7.14. The minimum Gasteiger partial charge on any atom is -0.493 e. The second-order valence-corrected chi connectivity index (χ2v) is 8.55. The molecule has 6 heteroatoms. The van der Waals surface area contributed by atoms with Crippen LogP contribution in [0.1, 0.15) is 43.4 Å². The van der Waals surface area contributed by atoms with E-state index >= 15 is 0 Å². The molecule has 0 amide bonds. The lowest BCUT2D eigenvalue weighted by atomic mass is 9.72. The summed E-state index contributed by atoms with van der Waals surface area (Å²) >= 11 is 0. The van der Waals surface area contributed by atoms with Crippen LogP contribution in [0.4, 0.5) is 0 Å². The number of hydrogen-bond donors (Lipinski definition) is 0. The predicted molar refractivity (Wildman–Crippen MR) is 127 cm³/mol. The highest BCUT2D eigenvalue weighted by Crippen LogP contribution is 2.42. The van der Waals surface area contributed by atoms with E-state index in [0.717, 1.165) is 28.8 Å². The van der Waals surface area contributed by atoms with Crippen molar-refractivity contribution in [3.05, 3.63) is 71.3 Å². The zero-order valence-electron chi connectivity index (χ0n) is 19.5. The lowest BCUT2D eigenvalue weighted by Gasteiger charge is -2.31. The molecule has 0 aromatic heterocycles. The average molecular weight is 450 g/mol. The molecule has 1 aliphatic heterocycles. The molecule has 0 saturated carbocycles. The summed E-state index contributed by atoms with van der Waals surface area (Å²) in [7, 11) is 3.24. The largest absolute Gasteiger partial charge is 0.493 e. The van der Waals surface area contributed by atoms with Crippen molar-refractivity contribution in [2.24, 2.45) is 10.4 Å². The minimum absolute atomic E-state index is 0.0465. The lowest BCUT2D eigenvalue weighted by Crippen LogP contribution is -2.38. The third kappa shape index (κ3) is 4.96. The van der Waals surface area contributed by atoms with E-state index in [1.165, 1.54) is 0 Å². The van der Waals surface area contributed by atoms with Gasteiger partial charge in [-0.3, -0.25) is 9.79 Å². The summed E-state index contributed by atoms with van der Waals surface area (Å²) in [6, 6.07) is 15.9. The van der Waals surface area contributed by atoms with E-state index in [1.807, 2.05) is 36.4 Å². The zero-order chi connectivity index (χ0) is 23.3. The molecule has 1 saturated heterocycles. The molecular formula is C27H31NO5. The SMILES string of the molecule is COc1ccc(COCC2=CC(=N[C@H](C)c3ccccc3)[C@@]3(CCOC3=O)CC2)cc1OC. The third-order valence-corrected chi connectivity index (χ3v) is 6.48. The maximum absolute atomic E-state index is 12.7. The second-order valence-electron chi connectivity index (χ2n) is 8.55. The van der Waals surface area contributed by atoms with Crippen LogP contribution < -0.4 is 9.47 Å². The van der Waals surface area contributed by atoms with Crippen molar-refractivity contribution < 1.29 is 23.7 Å². The van der Waals surface area contributed by atoms with Crippen LogP contribution in [-0.2, 0) is 20.9 Å². The molecule has 6 nitrogen and oxygen atoms in total. The van der Waals surface area contributed by atoms with E-state index in [-0.39, 0.29) is 12.0 Å². The molecule has 1 spiro atoms. The molecule has 174 valence electrons. The van der Waals surface area contributed by atoms with E-state index in [2.05, 4.69) is 25.1 Å². The predicted octanol–water partition coefficient (Wildman–Crippen LogP) is 5.08. The van der Waals surface area contributed by atoms with Crippen molar-refractivity contribution in [1.82, 2.24) is 0 Å². The Morgan fingerprint density at radius 3 is 2.52 bits per heavy atom. The van der Waals surface area contributed by atoms with Gasteiger partial charge in [0, 0.05) is 6.42 Å². The van der Waals surface area contributed by atoms with Gasteiger partial charge in [0.1, 0.15) is 5.41 Å². The molecule has 2 aromatic carbocycles. The van der Waals surface area contributed by atoms with Gasteiger partial charge in [0.15, 0.2) is 11.5 Å². The summed E-state index contributed by atoms with van der Waals surface area (Å²) in [6.07, 6.45) is 4.24. The fourth-order valence-corrected chi connectivity index (χ4v) is 4.48. The molecule has 0 bridgehead atoms. The van der Waals surface area contributed by atoms with E-state index in [9.17, 15) is 4.79 Å². The molecule has 33 heavy (non-hydrogen) atoms. The van der Waals surface area contributed by atoms with Crippen LogP contribution >= 0.6 is 0 Å². The number of esters is 1. The summed E-state index contributed by atoms with van der Waals surface area (Å²) in [5, 5.41) is 0. The quantitative estimate of drug-likeness (QED) is 0.526. The molecule has 1 fully saturated rings. The van der Waals surface area contributed by atoms with Gasteiger partial charge in [-0.15, -0.1) is 0 Å². The number of carbonyl (C=O) groups is 1. The monoisotopic (exact) mass is 449 g/mol. The summed E-state index contributed by atoms with van der Waals surface area (Å²) in [6.45, 7) is 3.46. The van der Waals surface area contributed by atoms with Gasteiger partial charge in [-0.1, -0.05) is 36.4 Å². The summed E-state index contributed by atoms with van der Waals surface area (Å²) in [4.78, 5) is 17.7. The van der Waals surface area contributed by atoms with E-state index in [1.54, 1.807) is 14.2 Å². The average Bonchev–Trinajstić information content (AvgIpc) is 3.22. The van der Waals surface area contributed by atoms with Crippen LogP contribution in [0.15, 0.2) is 65.2 Å². The standard InChI is InChI=1S/C27H31NO5/c1-19(22-7-5-4-6-8-22)28-25-16-21(11-12-27(25)13-14-33-26(27)29)18-32-17-20-9-10-23(30-2)24(15-20)31-3/h4-10,15-16,19H,11-14,17-18H2,1-3H3/t19-,27+/m1/s1.